The number of carboxylic acids is 1. The van der Waals surface area contributed by atoms with Crippen LogP contribution in [-0.4, -0.2) is 41.3 Å². The number of carbonyl (C=O) groups is 3. The fourth-order valence-corrected chi connectivity index (χ4v) is 2.82. The summed E-state index contributed by atoms with van der Waals surface area (Å²) >= 11 is 0. The van der Waals surface area contributed by atoms with Gasteiger partial charge in [0.1, 0.15) is 23.8 Å². The number of ether oxygens (including phenoxy) is 2. The number of carbonyl (C=O) groups excluding carboxylic acids is 2. The van der Waals surface area contributed by atoms with Crippen molar-refractivity contribution >= 4 is 18.0 Å². The minimum atomic E-state index is -0.827. The molecule has 1 aromatic carbocycles. The summed E-state index contributed by atoms with van der Waals surface area (Å²) in [5.41, 5.74) is 5.25. The topological polar surface area (TPSA) is 128 Å². The number of aliphatic carboxylic acids is 1. The zero-order valence-corrected chi connectivity index (χ0v) is 18.4. The van der Waals surface area contributed by atoms with Crippen molar-refractivity contribution in [2.24, 2.45) is 5.73 Å². The Labute approximate surface area is 182 Å². The summed E-state index contributed by atoms with van der Waals surface area (Å²) in [6.07, 6.45) is 2.41. The molecule has 0 saturated heterocycles. The second-order valence-electron chi connectivity index (χ2n) is 8.41. The van der Waals surface area contributed by atoms with Crippen molar-refractivity contribution in [3.05, 3.63) is 29.6 Å². The Hall–Kier alpha value is -2.84. The van der Waals surface area contributed by atoms with Crippen molar-refractivity contribution in [3.8, 4) is 5.75 Å². The Morgan fingerprint density at radius 1 is 1.13 bits per heavy atom. The van der Waals surface area contributed by atoms with Crippen LogP contribution in [-0.2, 0) is 20.7 Å². The van der Waals surface area contributed by atoms with E-state index in [-0.39, 0.29) is 25.9 Å². The van der Waals surface area contributed by atoms with Gasteiger partial charge in [-0.2, -0.15) is 0 Å². The molecule has 2 amide bonds. The van der Waals surface area contributed by atoms with Gasteiger partial charge in [0.05, 0.1) is 6.04 Å². The molecule has 0 unspecified atom stereocenters. The van der Waals surface area contributed by atoms with Gasteiger partial charge in [0, 0.05) is 18.9 Å². The standard InChI is InChI=1S/C22H33FN2O6/c1-22(2,3)31-21(29)25-17(9-10-19(24)26)14-30-18-12-15(11-16(23)13-18)7-5-4-6-8-20(27)28/h11-13,17H,4-10,14H2,1-3H3,(H2,24,26)(H,25,29)(H,27,28)/t17-/m0/s1. The molecule has 4 N–H and O–H groups in total. The van der Waals surface area contributed by atoms with Crippen molar-refractivity contribution in [1.82, 2.24) is 5.32 Å². The molecule has 8 nitrogen and oxygen atoms in total. The number of nitrogens with two attached hydrogens (primary N) is 1. The number of nitrogens with one attached hydrogen (secondary N) is 1. The first-order valence-electron chi connectivity index (χ1n) is 10.4. The van der Waals surface area contributed by atoms with Crippen LogP contribution in [0.15, 0.2) is 18.2 Å². The molecule has 9 heteroatoms. The van der Waals surface area contributed by atoms with Gasteiger partial charge in [-0.15, -0.1) is 0 Å². The Morgan fingerprint density at radius 2 is 1.84 bits per heavy atom. The number of primary amides is 1. The number of halogens is 1. The van der Waals surface area contributed by atoms with Crippen molar-refractivity contribution in [2.45, 2.75) is 77.4 Å². The molecule has 174 valence electrons. The second-order valence-corrected chi connectivity index (χ2v) is 8.41. The fourth-order valence-electron chi connectivity index (χ4n) is 2.82. The molecule has 1 aromatic rings. The van der Waals surface area contributed by atoms with E-state index in [9.17, 15) is 18.8 Å². The van der Waals surface area contributed by atoms with Crippen LogP contribution < -0.4 is 15.8 Å². The monoisotopic (exact) mass is 440 g/mol. The lowest BCUT2D eigenvalue weighted by atomic mass is 10.1. The van der Waals surface area contributed by atoms with E-state index >= 15 is 0 Å². The third-order valence-corrected chi connectivity index (χ3v) is 4.20. The molecule has 1 rings (SSSR count). The Bertz CT molecular complexity index is 748. The normalized spacial score (nSPS) is 12.1. The zero-order chi connectivity index (χ0) is 23.4. The minimum Gasteiger partial charge on any atom is -0.491 e. The van der Waals surface area contributed by atoms with Crippen LogP contribution in [0.5, 0.6) is 5.75 Å². The van der Waals surface area contributed by atoms with Crippen LogP contribution in [0.2, 0.25) is 0 Å². The van der Waals surface area contributed by atoms with E-state index in [1.807, 2.05) is 0 Å². The molecule has 0 saturated carbocycles. The Morgan fingerprint density at radius 3 is 2.45 bits per heavy atom. The highest BCUT2D eigenvalue weighted by atomic mass is 19.1. The van der Waals surface area contributed by atoms with Crippen molar-refractivity contribution in [2.75, 3.05) is 6.61 Å². The quantitative estimate of drug-likeness (QED) is 0.403. The smallest absolute Gasteiger partial charge is 0.407 e. The van der Waals surface area contributed by atoms with Crippen LogP contribution in [0.3, 0.4) is 0 Å². The SMILES string of the molecule is CC(C)(C)OC(=O)N[C@@H](CCC(N)=O)COc1cc(F)cc(CCCCCC(=O)O)c1. The third-order valence-electron chi connectivity index (χ3n) is 4.20. The second kappa shape index (κ2) is 12.8. The highest BCUT2D eigenvalue weighted by molar-refractivity contribution is 5.74. The van der Waals surface area contributed by atoms with Gasteiger partial charge in [-0.3, -0.25) is 9.59 Å². The number of benzene rings is 1. The van der Waals surface area contributed by atoms with Gasteiger partial charge in [-0.25, -0.2) is 9.18 Å². The zero-order valence-electron chi connectivity index (χ0n) is 18.4. The van der Waals surface area contributed by atoms with Crippen LogP contribution in [0, 0.1) is 5.82 Å². The number of carboxylic acid groups (broad SMARTS) is 1. The van der Waals surface area contributed by atoms with Crippen LogP contribution >= 0.6 is 0 Å². The van der Waals surface area contributed by atoms with Crippen molar-refractivity contribution < 1.29 is 33.4 Å². The van der Waals surface area contributed by atoms with Gasteiger partial charge in [0.25, 0.3) is 0 Å². The van der Waals surface area contributed by atoms with E-state index in [1.165, 1.54) is 12.1 Å². The minimum absolute atomic E-state index is 0.00796. The molecule has 31 heavy (non-hydrogen) atoms. The molecule has 0 bridgehead atoms. The maximum Gasteiger partial charge on any atom is 0.407 e. The molecule has 0 fully saturated rings. The van der Waals surface area contributed by atoms with E-state index in [4.69, 9.17) is 20.3 Å². The maximum absolute atomic E-state index is 14.0. The Balaban J connectivity index is 2.66. The molecule has 0 heterocycles. The first-order valence-corrected chi connectivity index (χ1v) is 10.4. The first kappa shape index (κ1) is 26.2. The predicted molar refractivity (Wildman–Crippen MR) is 113 cm³/mol. The third kappa shape index (κ3) is 13.1. The van der Waals surface area contributed by atoms with Gasteiger partial charge in [0.15, 0.2) is 0 Å². The van der Waals surface area contributed by atoms with Gasteiger partial charge in [0.2, 0.25) is 5.91 Å². The molecule has 0 aliphatic rings. The van der Waals surface area contributed by atoms with Crippen molar-refractivity contribution in [3.63, 3.8) is 0 Å². The lowest BCUT2D eigenvalue weighted by Crippen LogP contribution is -2.42. The van der Waals surface area contributed by atoms with E-state index in [2.05, 4.69) is 5.32 Å². The maximum atomic E-state index is 14.0. The van der Waals surface area contributed by atoms with Crippen LogP contribution in [0.1, 0.15) is 64.9 Å². The summed E-state index contributed by atoms with van der Waals surface area (Å²) in [6, 6.07) is 3.81. The number of hydrogen-bond acceptors (Lipinski definition) is 5. The number of amides is 2. The van der Waals surface area contributed by atoms with E-state index < -0.39 is 35.4 Å². The van der Waals surface area contributed by atoms with E-state index in [0.717, 1.165) is 18.4 Å². The molecule has 0 aliphatic carbocycles. The molecular formula is C22H33FN2O6. The summed E-state index contributed by atoms with van der Waals surface area (Å²) in [4.78, 5) is 33.7. The van der Waals surface area contributed by atoms with Crippen LogP contribution in [0.4, 0.5) is 9.18 Å². The van der Waals surface area contributed by atoms with Crippen LogP contribution in [0.25, 0.3) is 0 Å². The lowest BCUT2D eigenvalue weighted by Gasteiger charge is -2.23. The lowest BCUT2D eigenvalue weighted by molar-refractivity contribution is -0.137. The summed E-state index contributed by atoms with van der Waals surface area (Å²) in [5.74, 6) is -1.48. The molecule has 0 aliphatic heterocycles. The summed E-state index contributed by atoms with van der Waals surface area (Å²) in [5, 5.41) is 11.3. The highest BCUT2D eigenvalue weighted by Crippen LogP contribution is 2.19. The number of aryl methyl sites for hydroxylation is 1. The average molecular weight is 441 g/mol. The van der Waals surface area contributed by atoms with Gasteiger partial charge < -0.3 is 25.6 Å². The van der Waals surface area contributed by atoms with Crippen molar-refractivity contribution in [1.29, 1.82) is 0 Å². The van der Waals surface area contributed by atoms with Gasteiger partial charge in [-0.1, -0.05) is 6.42 Å². The largest absolute Gasteiger partial charge is 0.491 e. The van der Waals surface area contributed by atoms with Gasteiger partial charge in [-0.05, 0) is 64.2 Å². The average Bonchev–Trinajstić information content (AvgIpc) is 2.61. The van der Waals surface area contributed by atoms with E-state index in [0.29, 0.717) is 18.6 Å². The molecule has 1 atom stereocenters. The summed E-state index contributed by atoms with van der Waals surface area (Å²) < 4.78 is 24.9. The number of unbranched alkanes of at least 4 members (excludes halogenated alkanes) is 2. The number of rotatable bonds is 13. The predicted octanol–water partition coefficient (Wildman–Crippen LogP) is 3.55. The summed E-state index contributed by atoms with van der Waals surface area (Å²) in [6.45, 7) is 5.21. The Kier molecular flexibility index (Phi) is 10.8. The summed E-state index contributed by atoms with van der Waals surface area (Å²) in [7, 11) is 0. The molecular weight excluding hydrogens is 407 g/mol. The molecule has 0 aromatic heterocycles. The number of hydrogen-bond donors (Lipinski definition) is 3. The number of alkyl carbamates (subject to hydrolysis) is 1. The fraction of sp³-hybridized carbons (Fsp3) is 0.591. The molecule has 0 spiro atoms. The highest BCUT2D eigenvalue weighted by Gasteiger charge is 2.20. The first-order chi connectivity index (χ1) is 14.4. The van der Waals surface area contributed by atoms with E-state index in [1.54, 1.807) is 26.8 Å². The molecule has 0 radical (unpaired) electrons. The van der Waals surface area contributed by atoms with Gasteiger partial charge >= 0.3 is 12.1 Å².